The third-order valence-electron chi connectivity index (χ3n) is 6.36. The monoisotopic (exact) mass is 520 g/mol. The number of nitrogens with zero attached hydrogens (tertiary/aromatic N) is 6. The molecule has 12 heteroatoms. The molecule has 1 atom stereocenters. The van der Waals surface area contributed by atoms with Crippen LogP contribution in [0.15, 0.2) is 30.6 Å². The molecule has 3 aromatic heterocycles. The number of nitrogens with one attached hydrogen (secondary N) is 2. The van der Waals surface area contributed by atoms with Crippen LogP contribution >= 0.6 is 11.6 Å². The van der Waals surface area contributed by atoms with Crippen molar-refractivity contribution >= 4 is 45.7 Å². The van der Waals surface area contributed by atoms with E-state index in [-0.39, 0.29) is 17.6 Å². The molecule has 1 aliphatic heterocycles. The summed E-state index contributed by atoms with van der Waals surface area (Å²) in [4.78, 5) is 39.5. The van der Waals surface area contributed by atoms with Crippen molar-refractivity contribution in [3.8, 4) is 23.2 Å². The van der Waals surface area contributed by atoms with Gasteiger partial charge in [0.2, 0.25) is 5.91 Å². The molecule has 4 aromatic rings. The van der Waals surface area contributed by atoms with Crippen LogP contribution in [0.25, 0.3) is 33.5 Å². The van der Waals surface area contributed by atoms with Crippen LogP contribution in [0.2, 0.25) is 5.02 Å². The van der Waals surface area contributed by atoms with E-state index in [4.69, 9.17) is 21.6 Å². The Labute approximate surface area is 217 Å². The van der Waals surface area contributed by atoms with Crippen molar-refractivity contribution in [2.75, 3.05) is 13.1 Å². The highest BCUT2D eigenvalue weighted by Crippen LogP contribution is 2.31. The minimum Gasteiger partial charge on any atom is -0.406 e. The largest absolute Gasteiger partial charge is 0.413 e. The number of hydrogen-bond donors (Lipinski definition) is 2. The fourth-order valence-electron chi connectivity index (χ4n) is 4.30. The molecule has 190 valence electrons. The molecule has 1 aliphatic rings. The number of H-pyrrole nitrogens is 1. The van der Waals surface area contributed by atoms with Gasteiger partial charge in [0.1, 0.15) is 17.4 Å². The Morgan fingerprint density at radius 2 is 2.08 bits per heavy atom. The molecule has 5 rings (SSSR count). The van der Waals surface area contributed by atoms with Crippen LogP contribution in [0.1, 0.15) is 20.8 Å². The lowest BCUT2D eigenvalue weighted by atomic mass is 9.84. The number of halogens is 1. The Bertz CT molecular complexity index is 1570. The summed E-state index contributed by atoms with van der Waals surface area (Å²) in [6.45, 7) is 6.27. The third kappa shape index (κ3) is 4.56. The molecule has 1 fully saturated rings. The lowest BCUT2D eigenvalue weighted by molar-refractivity contribution is -0.141. The maximum Gasteiger partial charge on any atom is 0.413 e. The Morgan fingerprint density at radius 1 is 1.32 bits per heavy atom. The minimum atomic E-state index is -0.835. The van der Waals surface area contributed by atoms with E-state index in [0.29, 0.717) is 40.7 Å². The summed E-state index contributed by atoms with van der Waals surface area (Å²) in [5.41, 5.74) is 2.15. The first-order chi connectivity index (χ1) is 17.5. The van der Waals surface area contributed by atoms with Crippen LogP contribution in [-0.4, -0.2) is 60.8 Å². The predicted octanol–water partition coefficient (Wildman–Crippen LogP) is 3.65. The SMILES string of the molecule is Cn1nc(-c2cnc3[nH]cc(OC(=O)N[C@@H](C(=O)N4CC(C#N)C4)C(C)(C)C)c3n2)c2ccc(Cl)cc21. The Morgan fingerprint density at radius 3 is 2.78 bits per heavy atom. The predicted molar refractivity (Wildman–Crippen MR) is 137 cm³/mol. The zero-order valence-electron chi connectivity index (χ0n) is 20.7. The fraction of sp³-hybridized carbons (Fsp3) is 0.360. The fourth-order valence-corrected chi connectivity index (χ4v) is 4.47. The van der Waals surface area contributed by atoms with Gasteiger partial charge in [-0.1, -0.05) is 32.4 Å². The Kier molecular flexibility index (Phi) is 6.00. The lowest BCUT2D eigenvalue weighted by Gasteiger charge is -2.40. The van der Waals surface area contributed by atoms with Crippen LogP contribution in [0.4, 0.5) is 4.79 Å². The van der Waals surface area contributed by atoms with Gasteiger partial charge in [-0.05, 0) is 23.6 Å². The normalized spacial score (nSPS) is 14.9. The highest BCUT2D eigenvalue weighted by Gasteiger charge is 2.40. The number of nitriles is 1. The molecular formula is C25H25ClN8O3. The molecule has 0 unspecified atom stereocenters. The zero-order chi connectivity index (χ0) is 26.5. The van der Waals surface area contributed by atoms with E-state index in [9.17, 15) is 9.59 Å². The molecule has 1 aromatic carbocycles. The molecule has 0 bridgehead atoms. The second-order valence-corrected chi connectivity index (χ2v) is 10.6. The van der Waals surface area contributed by atoms with Crippen LogP contribution in [0.5, 0.6) is 5.75 Å². The van der Waals surface area contributed by atoms with Crippen molar-refractivity contribution in [2.45, 2.75) is 26.8 Å². The number of benzene rings is 1. The first kappa shape index (κ1) is 24.5. The summed E-state index contributed by atoms with van der Waals surface area (Å²) in [6, 6.07) is 6.78. The summed E-state index contributed by atoms with van der Waals surface area (Å²) in [6.07, 6.45) is 2.29. The van der Waals surface area contributed by atoms with Gasteiger partial charge in [0.15, 0.2) is 16.9 Å². The molecular weight excluding hydrogens is 496 g/mol. The molecule has 0 aliphatic carbocycles. The van der Waals surface area contributed by atoms with Crippen molar-refractivity contribution < 1.29 is 14.3 Å². The summed E-state index contributed by atoms with van der Waals surface area (Å²) in [5.74, 6) is -0.262. The second-order valence-electron chi connectivity index (χ2n) is 10.1. The number of carbonyl (C=O) groups is 2. The van der Waals surface area contributed by atoms with Crippen LogP contribution in [0.3, 0.4) is 0 Å². The molecule has 2 N–H and O–H groups in total. The second kappa shape index (κ2) is 9.05. The molecule has 0 radical (unpaired) electrons. The van der Waals surface area contributed by atoms with Gasteiger partial charge in [-0.3, -0.25) is 9.48 Å². The van der Waals surface area contributed by atoms with Gasteiger partial charge in [0.05, 0.1) is 23.7 Å². The van der Waals surface area contributed by atoms with Crippen LogP contribution in [-0.2, 0) is 11.8 Å². The van der Waals surface area contributed by atoms with Crippen molar-refractivity contribution in [2.24, 2.45) is 18.4 Å². The highest BCUT2D eigenvalue weighted by molar-refractivity contribution is 6.31. The van der Waals surface area contributed by atoms with Crippen LogP contribution in [0, 0.1) is 22.7 Å². The van der Waals surface area contributed by atoms with Gasteiger partial charge < -0.3 is 19.9 Å². The third-order valence-corrected chi connectivity index (χ3v) is 6.59. The molecule has 37 heavy (non-hydrogen) atoms. The first-order valence-corrected chi connectivity index (χ1v) is 12.1. The van der Waals surface area contributed by atoms with Gasteiger partial charge >= 0.3 is 6.09 Å². The topological polar surface area (TPSA) is 142 Å². The van der Waals surface area contributed by atoms with Crippen molar-refractivity contribution in [1.82, 2.24) is 34.9 Å². The van der Waals surface area contributed by atoms with Crippen molar-refractivity contribution in [3.63, 3.8) is 0 Å². The summed E-state index contributed by atoms with van der Waals surface area (Å²) in [5, 5.41) is 17.7. The molecule has 11 nitrogen and oxygen atoms in total. The minimum absolute atomic E-state index is 0.165. The van der Waals surface area contributed by atoms with Crippen molar-refractivity contribution in [3.05, 3.63) is 35.6 Å². The smallest absolute Gasteiger partial charge is 0.406 e. The van der Waals surface area contributed by atoms with Gasteiger partial charge in [-0.25, -0.2) is 14.8 Å². The first-order valence-electron chi connectivity index (χ1n) is 11.7. The van der Waals surface area contributed by atoms with E-state index in [2.05, 4.69) is 31.4 Å². The molecule has 1 saturated heterocycles. The molecule has 2 amide bonds. The van der Waals surface area contributed by atoms with Gasteiger partial charge in [0, 0.05) is 36.7 Å². The number of aromatic amines is 1. The van der Waals surface area contributed by atoms with E-state index in [1.807, 2.05) is 40.0 Å². The molecule has 4 heterocycles. The summed E-state index contributed by atoms with van der Waals surface area (Å²) < 4.78 is 7.28. The van der Waals surface area contributed by atoms with E-state index in [1.165, 1.54) is 6.20 Å². The van der Waals surface area contributed by atoms with E-state index >= 15 is 0 Å². The number of carbonyl (C=O) groups excluding carboxylic acids is 2. The zero-order valence-corrected chi connectivity index (χ0v) is 21.5. The molecule has 0 spiro atoms. The molecule has 0 saturated carbocycles. The number of rotatable bonds is 4. The quantitative estimate of drug-likeness (QED) is 0.418. The lowest BCUT2D eigenvalue weighted by Crippen LogP contribution is -2.60. The van der Waals surface area contributed by atoms with E-state index in [0.717, 1.165) is 10.9 Å². The number of hydrogen-bond acceptors (Lipinski definition) is 7. The number of fused-ring (bicyclic) bond motifs is 2. The summed E-state index contributed by atoms with van der Waals surface area (Å²) >= 11 is 6.14. The Balaban J connectivity index is 1.39. The number of aromatic nitrogens is 5. The number of amides is 2. The highest BCUT2D eigenvalue weighted by atomic mass is 35.5. The van der Waals surface area contributed by atoms with E-state index < -0.39 is 17.6 Å². The number of ether oxygens (including phenoxy) is 1. The van der Waals surface area contributed by atoms with Crippen molar-refractivity contribution in [1.29, 1.82) is 5.26 Å². The van der Waals surface area contributed by atoms with Crippen LogP contribution < -0.4 is 10.1 Å². The number of likely N-dealkylation sites (tertiary alicyclic amines) is 1. The van der Waals surface area contributed by atoms with Gasteiger partial charge in [0.25, 0.3) is 0 Å². The average molecular weight is 521 g/mol. The maximum absolute atomic E-state index is 13.0. The van der Waals surface area contributed by atoms with Gasteiger partial charge in [-0.2, -0.15) is 10.4 Å². The Hall–Kier alpha value is -4.17. The average Bonchev–Trinajstić information content (AvgIpc) is 3.36. The summed E-state index contributed by atoms with van der Waals surface area (Å²) in [7, 11) is 1.82. The van der Waals surface area contributed by atoms with Gasteiger partial charge in [-0.15, -0.1) is 0 Å². The standard InChI is InChI=1S/C25H25ClN8O3/c1-25(2,3)21(23(35)34-11-13(8-27)12-34)31-24(36)37-18-10-29-22-20(18)30-16(9-28-22)19-15-6-5-14(26)7-17(15)33(4)32-19/h5-7,9-10,13,21H,11-12H2,1-4H3,(H,28,29)(H,31,36)/t21-/m0/s1. The maximum atomic E-state index is 13.0. The van der Waals surface area contributed by atoms with E-state index in [1.54, 1.807) is 21.8 Å². The number of aryl methyl sites for hydroxylation is 1.